The van der Waals surface area contributed by atoms with Crippen molar-refractivity contribution in [2.45, 2.75) is 26.4 Å². The van der Waals surface area contributed by atoms with E-state index in [1.54, 1.807) is 108 Å². The van der Waals surface area contributed by atoms with Gasteiger partial charge in [-0.2, -0.15) is 24.2 Å². The molecule has 0 aliphatic carbocycles. The molecule has 308 valence electrons. The smallest absolute Gasteiger partial charge is 0.373 e. The fourth-order valence-corrected chi connectivity index (χ4v) is 5.22. The SMILES string of the molecule is CCC(F)=CN(C)C.N=C(N)c1cc(-c2ccccn2)n(Cc2ccccc2F)n1.O=C=O.O=c1[nH]c(-c2cc(-c3ccccn3)n(Cc3ccccc3F)n2)ncc1F. The number of nitrogens with two attached hydrogens (primary N) is 1. The van der Waals surface area contributed by atoms with Crippen LogP contribution in [0.2, 0.25) is 0 Å². The molecule has 0 bridgehead atoms. The van der Waals surface area contributed by atoms with Crippen LogP contribution in [0.1, 0.15) is 30.2 Å². The molecule has 0 aliphatic rings. The number of H-pyrrole nitrogens is 1. The normalized spacial score (nSPS) is 10.5. The van der Waals surface area contributed by atoms with E-state index in [-0.39, 0.29) is 48.4 Å². The summed E-state index contributed by atoms with van der Waals surface area (Å²) in [6, 6.07) is 27.2. The van der Waals surface area contributed by atoms with Gasteiger partial charge in [0.2, 0.25) is 5.82 Å². The van der Waals surface area contributed by atoms with Crippen LogP contribution in [0.25, 0.3) is 34.3 Å². The van der Waals surface area contributed by atoms with Crippen LogP contribution < -0.4 is 11.3 Å². The zero-order valence-electron chi connectivity index (χ0n) is 32.6. The number of amidine groups is 1. The molecule has 0 fully saturated rings. The van der Waals surface area contributed by atoms with Crippen LogP contribution in [0.3, 0.4) is 0 Å². The predicted molar refractivity (Wildman–Crippen MR) is 215 cm³/mol. The average molecular weight is 822 g/mol. The summed E-state index contributed by atoms with van der Waals surface area (Å²) in [5, 5.41) is 16.2. The molecule has 4 N–H and O–H groups in total. The lowest BCUT2D eigenvalue weighted by atomic mass is 10.2. The molecule has 0 saturated carbocycles. The average Bonchev–Trinajstić information content (AvgIpc) is 3.87. The number of allylic oxidation sites excluding steroid dienone is 1. The Morgan fingerprint density at radius 1 is 0.767 bits per heavy atom. The van der Waals surface area contributed by atoms with Crippen LogP contribution in [0.15, 0.2) is 132 Å². The molecular formula is C42H39F4N11O3. The molecule has 60 heavy (non-hydrogen) atoms. The first-order valence-electron chi connectivity index (χ1n) is 17.9. The van der Waals surface area contributed by atoms with Crippen LogP contribution in [0.5, 0.6) is 0 Å². The van der Waals surface area contributed by atoms with Gasteiger partial charge in [-0.3, -0.25) is 29.5 Å². The lowest BCUT2D eigenvalue weighted by Crippen LogP contribution is -2.13. The van der Waals surface area contributed by atoms with Crippen molar-refractivity contribution in [3.8, 4) is 34.3 Å². The topological polar surface area (TPSA) is 194 Å². The highest BCUT2D eigenvalue weighted by molar-refractivity contribution is 5.94. The van der Waals surface area contributed by atoms with E-state index < -0.39 is 11.4 Å². The number of pyridine rings is 2. The van der Waals surface area contributed by atoms with Gasteiger partial charge in [-0.25, -0.2) is 18.2 Å². The van der Waals surface area contributed by atoms with Crippen molar-refractivity contribution >= 4 is 12.0 Å². The second-order valence-electron chi connectivity index (χ2n) is 12.6. The Bertz CT molecular complexity index is 2610. The van der Waals surface area contributed by atoms with Crippen molar-refractivity contribution in [2.75, 3.05) is 14.1 Å². The fraction of sp³-hybridized carbons (Fsp3) is 0.143. The van der Waals surface area contributed by atoms with Crippen molar-refractivity contribution < 1.29 is 27.2 Å². The summed E-state index contributed by atoms with van der Waals surface area (Å²) >= 11 is 0. The van der Waals surface area contributed by atoms with Crippen molar-refractivity contribution in [1.29, 1.82) is 5.41 Å². The number of hydrogen-bond donors (Lipinski definition) is 3. The van der Waals surface area contributed by atoms with Crippen molar-refractivity contribution in [3.63, 3.8) is 0 Å². The number of aromatic nitrogens is 8. The van der Waals surface area contributed by atoms with Crippen LogP contribution >= 0.6 is 0 Å². The van der Waals surface area contributed by atoms with Crippen LogP contribution in [0.4, 0.5) is 17.6 Å². The lowest BCUT2D eigenvalue weighted by molar-refractivity contribution is -0.191. The third-order valence-electron chi connectivity index (χ3n) is 7.98. The van der Waals surface area contributed by atoms with E-state index in [2.05, 4.69) is 30.1 Å². The number of rotatable bonds is 10. The van der Waals surface area contributed by atoms with E-state index in [1.807, 2.05) is 24.3 Å². The maximum absolute atomic E-state index is 14.1. The molecule has 5 aromatic heterocycles. The van der Waals surface area contributed by atoms with Crippen LogP contribution in [-0.2, 0) is 22.7 Å². The Hall–Kier alpha value is -7.85. The molecule has 0 radical (unpaired) electrons. The number of carbonyl (C=O) groups excluding carboxylic acids is 2. The van der Waals surface area contributed by atoms with Gasteiger partial charge in [0.05, 0.1) is 42.1 Å². The second-order valence-corrected chi connectivity index (χ2v) is 12.6. The van der Waals surface area contributed by atoms with Gasteiger partial charge in [0.1, 0.15) is 34.7 Å². The Labute approximate surface area is 341 Å². The maximum atomic E-state index is 14.1. The van der Waals surface area contributed by atoms with Gasteiger partial charge in [-0.1, -0.05) is 55.5 Å². The number of nitrogen functional groups attached to an aromatic ring is 1. The molecule has 7 aromatic rings. The molecule has 0 aliphatic heterocycles. The molecule has 14 nitrogen and oxygen atoms in total. The molecule has 7 rings (SSSR count). The van der Waals surface area contributed by atoms with Crippen molar-refractivity contribution in [1.82, 2.24) is 44.4 Å². The third kappa shape index (κ3) is 12.8. The molecule has 0 amide bonds. The highest BCUT2D eigenvalue weighted by Crippen LogP contribution is 2.24. The van der Waals surface area contributed by atoms with Gasteiger partial charge in [-0.15, -0.1) is 0 Å². The molecule has 0 atom stereocenters. The summed E-state index contributed by atoms with van der Waals surface area (Å²) in [6.07, 6.45) is 6.35. The summed E-state index contributed by atoms with van der Waals surface area (Å²) < 4.78 is 56.5. The Balaban J connectivity index is 0.000000216. The molecule has 0 saturated heterocycles. The molecule has 0 spiro atoms. The van der Waals surface area contributed by atoms with Crippen LogP contribution in [-0.4, -0.2) is 70.5 Å². The van der Waals surface area contributed by atoms with E-state index >= 15 is 0 Å². The predicted octanol–water partition coefficient (Wildman–Crippen LogP) is 6.62. The first-order chi connectivity index (χ1) is 28.8. The number of nitrogens with zero attached hydrogens (tertiary/aromatic N) is 8. The van der Waals surface area contributed by atoms with Gasteiger partial charge in [0.25, 0.3) is 5.56 Å². The Morgan fingerprint density at radius 3 is 1.70 bits per heavy atom. The van der Waals surface area contributed by atoms with E-state index in [0.717, 1.165) is 6.20 Å². The highest BCUT2D eigenvalue weighted by atomic mass is 19.1. The minimum atomic E-state index is -0.977. The van der Waals surface area contributed by atoms with E-state index in [0.29, 0.717) is 51.7 Å². The summed E-state index contributed by atoms with van der Waals surface area (Å²) in [5.41, 5.74) is 8.87. The standard InChI is InChI=1S/C19H13F2N5O.C16H14FN5.C6H12FN.CO2/c20-13-6-2-1-5-12(13)11-26-17(15-7-3-4-8-22-15)9-16(25-26)18-23-10-14(21)19(27)24-18;17-12-6-2-1-5-11(12)10-22-15(9-14(21-22)16(18)19)13-7-3-4-8-20-13;1-4-6(7)5-8(2)3;2-1-3/h1-10H,11H2,(H,23,24,27);1-9H,10H2,(H3,18,19);5H,4H2,1-3H3;. The highest BCUT2D eigenvalue weighted by Gasteiger charge is 2.17. The minimum Gasteiger partial charge on any atom is -0.382 e. The van der Waals surface area contributed by atoms with Crippen LogP contribution in [0, 0.1) is 22.9 Å². The van der Waals surface area contributed by atoms with Crippen molar-refractivity contribution in [3.05, 3.63) is 172 Å². The molecule has 2 aromatic carbocycles. The van der Waals surface area contributed by atoms with Gasteiger partial charge >= 0.3 is 6.15 Å². The largest absolute Gasteiger partial charge is 0.382 e. The lowest BCUT2D eigenvalue weighted by Gasteiger charge is -2.08. The Kier molecular flexibility index (Phi) is 16.6. The summed E-state index contributed by atoms with van der Waals surface area (Å²) in [6.45, 7) is 2.19. The number of aromatic amines is 1. The summed E-state index contributed by atoms with van der Waals surface area (Å²) in [7, 11) is 3.60. The summed E-state index contributed by atoms with van der Waals surface area (Å²) in [4.78, 5) is 44.3. The zero-order valence-corrected chi connectivity index (χ0v) is 32.6. The number of benzene rings is 2. The molecule has 5 heterocycles. The van der Waals surface area contributed by atoms with Crippen molar-refractivity contribution in [2.24, 2.45) is 5.73 Å². The van der Waals surface area contributed by atoms with E-state index in [1.165, 1.54) is 18.3 Å². The molecular weight excluding hydrogens is 783 g/mol. The van der Waals surface area contributed by atoms with Gasteiger partial charge < -0.3 is 15.6 Å². The second kappa shape index (κ2) is 22.2. The van der Waals surface area contributed by atoms with E-state index in [4.69, 9.17) is 20.7 Å². The summed E-state index contributed by atoms with van der Waals surface area (Å²) in [5.74, 6) is -1.72. The van der Waals surface area contributed by atoms with Gasteiger partial charge in [0, 0.05) is 43.8 Å². The maximum Gasteiger partial charge on any atom is 0.373 e. The monoisotopic (exact) mass is 821 g/mol. The Morgan fingerprint density at radius 2 is 1.27 bits per heavy atom. The molecule has 18 heteroatoms. The quantitative estimate of drug-likeness (QED) is 0.0767. The number of hydrogen-bond acceptors (Lipinski definition) is 10. The zero-order chi connectivity index (χ0) is 43.6. The number of halogens is 4. The number of nitrogens with one attached hydrogen (secondary N) is 2. The molecule has 0 unspecified atom stereocenters. The third-order valence-corrected chi connectivity index (χ3v) is 7.98. The first-order valence-corrected chi connectivity index (χ1v) is 17.9. The van der Waals surface area contributed by atoms with E-state index in [9.17, 15) is 22.4 Å². The minimum absolute atomic E-state index is 0.0741. The van der Waals surface area contributed by atoms with Gasteiger partial charge in [-0.05, 0) is 55.0 Å². The van der Waals surface area contributed by atoms with Gasteiger partial charge in [0.15, 0.2) is 5.82 Å². The fourth-order valence-electron chi connectivity index (χ4n) is 5.22. The first kappa shape index (κ1) is 44.9.